The van der Waals surface area contributed by atoms with E-state index in [0.717, 1.165) is 42.6 Å². The normalized spacial score (nSPS) is 21.8. The lowest BCUT2D eigenvalue weighted by Crippen LogP contribution is -2.26. The molecule has 1 unspecified atom stereocenters. The molecule has 0 bridgehead atoms. The Labute approximate surface area is 124 Å². The van der Waals surface area contributed by atoms with Gasteiger partial charge in [0.25, 0.3) is 0 Å². The van der Waals surface area contributed by atoms with Crippen molar-refractivity contribution in [3.8, 4) is 0 Å². The van der Waals surface area contributed by atoms with E-state index in [0.29, 0.717) is 5.78 Å². The summed E-state index contributed by atoms with van der Waals surface area (Å²) in [6, 6.07) is 11.9. The van der Waals surface area contributed by atoms with Crippen LogP contribution in [0.2, 0.25) is 0 Å². The number of nitrogens with two attached hydrogens (primary N) is 1. The van der Waals surface area contributed by atoms with Crippen molar-refractivity contribution in [2.24, 2.45) is 0 Å². The molecular weight excluding hydrogens is 260 g/mol. The molecule has 0 spiro atoms. The third-order valence-corrected chi connectivity index (χ3v) is 4.96. The molecule has 3 heteroatoms. The van der Waals surface area contributed by atoms with Gasteiger partial charge in [-0.25, -0.2) is 0 Å². The van der Waals surface area contributed by atoms with Gasteiger partial charge in [0.2, 0.25) is 0 Å². The Morgan fingerprint density at radius 2 is 1.95 bits per heavy atom. The maximum Gasteiger partial charge on any atom is 0.152 e. The molecule has 2 N–H and O–H groups in total. The van der Waals surface area contributed by atoms with Gasteiger partial charge in [0.1, 0.15) is 0 Å². The van der Waals surface area contributed by atoms with Crippen molar-refractivity contribution < 1.29 is 4.79 Å². The first-order valence-corrected chi connectivity index (χ1v) is 7.55. The molecule has 0 saturated heterocycles. The second kappa shape index (κ2) is 4.42. The molecule has 21 heavy (non-hydrogen) atoms. The number of hydrogen-bond donors (Lipinski definition) is 1. The summed E-state index contributed by atoms with van der Waals surface area (Å²) in [5.41, 5.74) is 9.58. The quantitative estimate of drug-likeness (QED) is 0.878. The summed E-state index contributed by atoms with van der Waals surface area (Å²) in [5.74, 6) is 0.325. The Morgan fingerprint density at radius 3 is 2.67 bits per heavy atom. The smallest absolute Gasteiger partial charge is 0.152 e. The van der Waals surface area contributed by atoms with Gasteiger partial charge in [-0.15, -0.1) is 0 Å². The standard InChI is InChI=1S/C18H18N2O/c19-14-6-4-13(5-7-14)18(9-10-18)17(21)15-8-3-12-2-1-11-20-16(12)15/h1-2,4-7,11,15H,3,8-10,19H2. The lowest BCUT2D eigenvalue weighted by Gasteiger charge is -2.19. The molecule has 2 aromatic rings. The lowest BCUT2D eigenvalue weighted by molar-refractivity contribution is -0.123. The first-order chi connectivity index (χ1) is 10.2. The Bertz CT molecular complexity index is 701. The summed E-state index contributed by atoms with van der Waals surface area (Å²) in [7, 11) is 0. The molecule has 1 aromatic carbocycles. The minimum absolute atomic E-state index is 0.0266. The van der Waals surface area contributed by atoms with E-state index in [1.165, 1.54) is 5.56 Å². The van der Waals surface area contributed by atoms with Crippen LogP contribution in [0.25, 0.3) is 0 Å². The molecule has 0 aliphatic heterocycles. The van der Waals surface area contributed by atoms with Crippen molar-refractivity contribution in [3.05, 3.63) is 59.4 Å². The SMILES string of the molecule is Nc1ccc(C2(C(=O)C3CCc4cccnc43)CC2)cc1. The molecule has 2 aliphatic rings. The van der Waals surface area contributed by atoms with Gasteiger partial charge in [-0.2, -0.15) is 0 Å². The minimum atomic E-state index is -0.280. The van der Waals surface area contributed by atoms with E-state index in [9.17, 15) is 4.79 Å². The number of pyridine rings is 1. The summed E-state index contributed by atoms with van der Waals surface area (Å²) in [6.07, 6.45) is 5.58. The minimum Gasteiger partial charge on any atom is -0.399 e. The van der Waals surface area contributed by atoms with E-state index in [1.807, 2.05) is 30.3 Å². The van der Waals surface area contributed by atoms with E-state index >= 15 is 0 Å². The van der Waals surface area contributed by atoms with Gasteiger partial charge in [0.05, 0.1) is 17.0 Å². The zero-order chi connectivity index (χ0) is 14.4. The number of hydrogen-bond acceptors (Lipinski definition) is 3. The molecule has 106 valence electrons. The van der Waals surface area contributed by atoms with Gasteiger partial charge in [0, 0.05) is 11.9 Å². The van der Waals surface area contributed by atoms with Gasteiger partial charge in [-0.05, 0) is 55.0 Å². The topological polar surface area (TPSA) is 56.0 Å². The molecule has 1 heterocycles. The fourth-order valence-corrected chi connectivity index (χ4v) is 3.61. The van der Waals surface area contributed by atoms with Crippen molar-refractivity contribution >= 4 is 11.5 Å². The summed E-state index contributed by atoms with van der Waals surface area (Å²) in [4.78, 5) is 17.6. The number of carbonyl (C=O) groups is 1. The van der Waals surface area contributed by atoms with E-state index in [2.05, 4.69) is 11.1 Å². The van der Waals surface area contributed by atoms with Crippen molar-refractivity contribution in [1.29, 1.82) is 0 Å². The van der Waals surface area contributed by atoms with E-state index in [4.69, 9.17) is 5.73 Å². The second-order valence-corrected chi connectivity index (χ2v) is 6.21. The zero-order valence-electron chi connectivity index (χ0n) is 11.9. The van der Waals surface area contributed by atoms with Crippen LogP contribution in [0.3, 0.4) is 0 Å². The molecule has 0 amide bonds. The van der Waals surface area contributed by atoms with Crippen LogP contribution in [0.5, 0.6) is 0 Å². The van der Waals surface area contributed by atoms with Gasteiger partial charge < -0.3 is 5.73 Å². The summed E-state index contributed by atoms with van der Waals surface area (Å²) in [6.45, 7) is 0. The number of nitrogen functional groups attached to an aromatic ring is 1. The first-order valence-electron chi connectivity index (χ1n) is 7.55. The largest absolute Gasteiger partial charge is 0.399 e. The molecular formula is C18H18N2O. The molecule has 2 aliphatic carbocycles. The molecule has 1 saturated carbocycles. The Morgan fingerprint density at radius 1 is 1.19 bits per heavy atom. The van der Waals surface area contributed by atoms with Gasteiger partial charge in [-0.3, -0.25) is 9.78 Å². The number of ketones is 1. The monoisotopic (exact) mass is 278 g/mol. The molecule has 1 aromatic heterocycles. The number of rotatable bonds is 3. The van der Waals surface area contributed by atoms with Gasteiger partial charge in [0.15, 0.2) is 5.78 Å². The highest BCUT2D eigenvalue weighted by Gasteiger charge is 2.54. The number of Topliss-reactive ketones (excluding diaryl/α,β-unsaturated/α-hetero) is 1. The number of fused-ring (bicyclic) bond motifs is 1. The summed E-state index contributed by atoms with van der Waals surface area (Å²) >= 11 is 0. The number of carbonyl (C=O) groups excluding carboxylic acids is 1. The van der Waals surface area contributed by atoms with Crippen molar-refractivity contribution in [2.45, 2.75) is 37.0 Å². The highest BCUT2D eigenvalue weighted by Crippen LogP contribution is 2.53. The third kappa shape index (κ3) is 1.88. The fourth-order valence-electron chi connectivity index (χ4n) is 3.61. The molecule has 3 nitrogen and oxygen atoms in total. The van der Waals surface area contributed by atoms with Crippen LogP contribution in [0.15, 0.2) is 42.6 Å². The lowest BCUT2D eigenvalue weighted by atomic mass is 9.83. The maximum absolute atomic E-state index is 13.1. The van der Waals surface area contributed by atoms with Crippen LogP contribution in [0, 0.1) is 0 Å². The average Bonchev–Trinajstić information content (AvgIpc) is 3.21. The molecule has 4 rings (SSSR count). The van der Waals surface area contributed by atoms with Crippen LogP contribution in [0.1, 0.15) is 42.0 Å². The maximum atomic E-state index is 13.1. The van der Waals surface area contributed by atoms with Crippen LogP contribution < -0.4 is 5.73 Å². The Hall–Kier alpha value is -2.16. The predicted molar refractivity (Wildman–Crippen MR) is 82.1 cm³/mol. The number of anilines is 1. The van der Waals surface area contributed by atoms with E-state index < -0.39 is 0 Å². The van der Waals surface area contributed by atoms with Crippen LogP contribution in [-0.4, -0.2) is 10.8 Å². The summed E-state index contributed by atoms with van der Waals surface area (Å²) in [5, 5.41) is 0. The molecule has 1 fully saturated rings. The Kier molecular flexibility index (Phi) is 2.64. The van der Waals surface area contributed by atoms with Crippen molar-refractivity contribution in [2.75, 3.05) is 5.73 Å². The number of aromatic nitrogens is 1. The number of aryl methyl sites for hydroxylation is 1. The molecule has 0 radical (unpaired) electrons. The van der Waals surface area contributed by atoms with Gasteiger partial charge in [-0.1, -0.05) is 18.2 Å². The highest BCUT2D eigenvalue weighted by molar-refractivity contribution is 5.98. The zero-order valence-corrected chi connectivity index (χ0v) is 11.9. The van der Waals surface area contributed by atoms with E-state index in [-0.39, 0.29) is 11.3 Å². The second-order valence-electron chi connectivity index (χ2n) is 6.21. The number of benzene rings is 1. The van der Waals surface area contributed by atoms with Crippen molar-refractivity contribution in [3.63, 3.8) is 0 Å². The first kappa shape index (κ1) is 12.6. The van der Waals surface area contributed by atoms with Crippen LogP contribution >= 0.6 is 0 Å². The average molecular weight is 278 g/mol. The van der Waals surface area contributed by atoms with E-state index in [1.54, 1.807) is 6.20 Å². The fraction of sp³-hybridized carbons (Fsp3) is 0.333. The van der Waals surface area contributed by atoms with Crippen LogP contribution in [-0.2, 0) is 16.6 Å². The highest BCUT2D eigenvalue weighted by atomic mass is 16.1. The Balaban J connectivity index is 1.68. The third-order valence-electron chi connectivity index (χ3n) is 4.96. The van der Waals surface area contributed by atoms with Gasteiger partial charge >= 0.3 is 0 Å². The summed E-state index contributed by atoms with van der Waals surface area (Å²) < 4.78 is 0. The van der Waals surface area contributed by atoms with Crippen molar-refractivity contribution in [1.82, 2.24) is 4.98 Å². The van der Waals surface area contributed by atoms with Crippen LogP contribution in [0.4, 0.5) is 5.69 Å². The predicted octanol–water partition coefficient (Wildman–Crippen LogP) is 2.99. The molecule has 1 atom stereocenters. The number of nitrogens with zero attached hydrogens (tertiary/aromatic N) is 1.